The van der Waals surface area contributed by atoms with Gasteiger partial charge in [0.2, 0.25) is 5.88 Å². The number of aryl methyl sites for hydroxylation is 1. The molecule has 0 aliphatic heterocycles. The number of nitrogens with zero attached hydrogens (tertiary/aromatic N) is 1. The first-order valence-corrected chi connectivity index (χ1v) is 6.34. The molecule has 1 aromatic heterocycles. The van der Waals surface area contributed by atoms with E-state index in [1.165, 1.54) is 0 Å². The van der Waals surface area contributed by atoms with Crippen LogP contribution in [0.1, 0.15) is 21.5 Å². The number of aromatic nitrogens is 1. The Bertz CT molecular complexity index is 626. The van der Waals surface area contributed by atoms with Gasteiger partial charge < -0.3 is 16.2 Å². The highest BCUT2D eigenvalue weighted by molar-refractivity contribution is 5.95. The monoisotopic (exact) mass is 271 g/mol. The Morgan fingerprint density at radius 2 is 2.15 bits per heavy atom. The lowest BCUT2D eigenvalue weighted by atomic mass is 10.1. The molecule has 0 radical (unpaired) electrons. The zero-order chi connectivity index (χ0) is 14.5. The van der Waals surface area contributed by atoms with Gasteiger partial charge in [-0.25, -0.2) is 4.98 Å². The Balaban J connectivity index is 2.29. The highest BCUT2D eigenvalue weighted by Gasteiger charge is 2.12. The molecule has 4 N–H and O–H groups in total. The van der Waals surface area contributed by atoms with Crippen molar-refractivity contribution in [2.75, 3.05) is 6.54 Å². The SMILES string of the molecule is Cc1cc(CCN)ccc1Oc1ncccc1C(N)=O. The number of pyridine rings is 1. The average Bonchev–Trinajstić information content (AvgIpc) is 2.42. The zero-order valence-electron chi connectivity index (χ0n) is 11.3. The highest BCUT2D eigenvalue weighted by Crippen LogP contribution is 2.26. The van der Waals surface area contributed by atoms with Crippen molar-refractivity contribution in [3.8, 4) is 11.6 Å². The van der Waals surface area contributed by atoms with Gasteiger partial charge in [0.05, 0.1) is 0 Å². The largest absolute Gasteiger partial charge is 0.438 e. The Kier molecular flexibility index (Phi) is 4.32. The first kappa shape index (κ1) is 14.0. The third kappa shape index (κ3) is 3.13. The Hall–Kier alpha value is -2.40. The van der Waals surface area contributed by atoms with Crippen molar-refractivity contribution in [1.82, 2.24) is 4.98 Å². The van der Waals surface area contributed by atoms with Gasteiger partial charge in [0.25, 0.3) is 5.91 Å². The first-order chi connectivity index (χ1) is 9.61. The molecule has 0 atom stereocenters. The van der Waals surface area contributed by atoms with Crippen LogP contribution in [0.15, 0.2) is 36.5 Å². The van der Waals surface area contributed by atoms with E-state index in [0.29, 0.717) is 12.3 Å². The van der Waals surface area contributed by atoms with Crippen molar-refractivity contribution in [2.45, 2.75) is 13.3 Å². The average molecular weight is 271 g/mol. The van der Waals surface area contributed by atoms with Gasteiger partial charge in [-0.05, 0) is 49.2 Å². The molecule has 5 heteroatoms. The summed E-state index contributed by atoms with van der Waals surface area (Å²) in [4.78, 5) is 15.4. The molecular weight excluding hydrogens is 254 g/mol. The number of carbonyl (C=O) groups excluding carboxylic acids is 1. The maximum atomic E-state index is 11.3. The van der Waals surface area contributed by atoms with Crippen molar-refractivity contribution in [1.29, 1.82) is 0 Å². The van der Waals surface area contributed by atoms with E-state index in [-0.39, 0.29) is 11.4 Å². The number of amides is 1. The van der Waals surface area contributed by atoms with Crippen LogP contribution >= 0.6 is 0 Å². The number of benzene rings is 1. The molecule has 2 rings (SSSR count). The number of hydrogen-bond donors (Lipinski definition) is 2. The van der Waals surface area contributed by atoms with Crippen LogP contribution < -0.4 is 16.2 Å². The molecule has 20 heavy (non-hydrogen) atoms. The van der Waals surface area contributed by atoms with Crippen LogP contribution in [-0.2, 0) is 6.42 Å². The normalized spacial score (nSPS) is 10.3. The van der Waals surface area contributed by atoms with Gasteiger partial charge in [0.15, 0.2) is 0 Å². The molecule has 0 spiro atoms. The Morgan fingerprint density at radius 3 is 2.80 bits per heavy atom. The molecule has 1 aromatic carbocycles. The molecule has 5 nitrogen and oxygen atoms in total. The van der Waals surface area contributed by atoms with Gasteiger partial charge in [-0.15, -0.1) is 0 Å². The van der Waals surface area contributed by atoms with Gasteiger partial charge in [0, 0.05) is 6.20 Å². The second kappa shape index (κ2) is 6.16. The van der Waals surface area contributed by atoms with Crippen molar-refractivity contribution in [2.24, 2.45) is 11.5 Å². The smallest absolute Gasteiger partial charge is 0.254 e. The van der Waals surface area contributed by atoms with Gasteiger partial charge in [-0.1, -0.05) is 12.1 Å². The molecule has 0 fully saturated rings. The predicted octanol–water partition coefficient (Wildman–Crippen LogP) is 1.78. The summed E-state index contributed by atoms with van der Waals surface area (Å²) < 4.78 is 5.69. The molecule has 0 saturated heterocycles. The van der Waals surface area contributed by atoms with E-state index in [1.807, 2.05) is 25.1 Å². The van der Waals surface area contributed by atoms with E-state index in [0.717, 1.165) is 17.5 Å². The Labute approximate surface area is 117 Å². The molecule has 104 valence electrons. The summed E-state index contributed by atoms with van der Waals surface area (Å²) in [7, 11) is 0. The number of ether oxygens (including phenoxy) is 1. The third-order valence-electron chi connectivity index (χ3n) is 2.92. The highest BCUT2D eigenvalue weighted by atomic mass is 16.5. The van der Waals surface area contributed by atoms with Crippen LogP contribution in [0, 0.1) is 6.92 Å². The van der Waals surface area contributed by atoms with E-state index in [4.69, 9.17) is 16.2 Å². The van der Waals surface area contributed by atoms with Crippen LogP contribution in [0.4, 0.5) is 0 Å². The predicted molar refractivity (Wildman–Crippen MR) is 76.8 cm³/mol. The number of nitrogens with two attached hydrogens (primary N) is 2. The summed E-state index contributed by atoms with van der Waals surface area (Å²) in [6.07, 6.45) is 2.37. The second-order valence-corrected chi connectivity index (χ2v) is 4.46. The maximum Gasteiger partial charge on any atom is 0.254 e. The van der Waals surface area contributed by atoms with E-state index in [9.17, 15) is 4.79 Å². The molecule has 0 bridgehead atoms. The number of primary amides is 1. The van der Waals surface area contributed by atoms with Gasteiger partial charge in [0.1, 0.15) is 11.3 Å². The molecule has 0 aliphatic rings. The van der Waals surface area contributed by atoms with Crippen LogP contribution in [-0.4, -0.2) is 17.4 Å². The molecule has 0 aliphatic carbocycles. The summed E-state index contributed by atoms with van der Waals surface area (Å²) in [6.45, 7) is 2.54. The molecule has 1 heterocycles. The van der Waals surface area contributed by atoms with Crippen molar-refractivity contribution in [3.05, 3.63) is 53.2 Å². The van der Waals surface area contributed by atoms with E-state index >= 15 is 0 Å². The fourth-order valence-electron chi connectivity index (χ4n) is 1.91. The lowest BCUT2D eigenvalue weighted by Gasteiger charge is -2.11. The summed E-state index contributed by atoms with van der Waals surface area (Å²) in [5.41, 5.74) is 13.2. The first-order valence-electron chi connectivity index (χ1n) is 6.34. The van der Waals surface area contributed by atoms with Crippen molar-refractivity contribution in [3.63, 3.8) is 0 Å². The molecule has 2 aromatic rings. The number of carbonyl (C=O) groups is 1. The van der Waals surface area contributed by atoms with E-state index in [2.05, 4.69) is 4.98 Å². The van der Waals surface area contributed by atoms with Crippen LogP contribution in [0.2, 0.25) is 0 Å². The van der Waals surface area contributed by atoms with E-state index < -0.39 is 5.91 Å². The second-order valence-electron chi connectivity index (χ2n) is 4.46. The minimum absolute atomic E-state index is 0.217. The fraction of sp³-hybridized carbons (Fsp3) is 0.200. The minimum atomic E-state index is -0.564. The summed E-state index contributed by atoms with van der Waals surface area (Å²) >= 11 is 0. The third-order valence-corrected chi connectivity index (χ3v) is 2.92. The fourth-order valence-corrected chi connectivity index (χ4v) is 1.91. The molecule has 0 unspecified atom stereocenters. The number of hydrogen-bond acceptors (Lipinski definition) is 4. The molecule has 0 saturated carbocycles. The van der Waals surface area contributed by atoms with E-state index in [1.54, 1.807) is 18.3 Å². The topological polar surface area (TPSA) is 91.2 Å². The zero-order valence-corrected chi connectivity index (χ0v) is 11.3. The van der Waals surface area contributed by atoms with Gasteiger partial charge in [-0.3, -0.25) is 4.79 Å². The Morgan fingerprint density at radius 1 is 1.35 bits per heavy atom. The standard InChI is InChI=1S/C15H17N3O2/c1-10-9-11(6-7-16)4-5-13(10)20-15-12(14(17)19)3-2-8-18-15/h2-5,8-9H,6-7,16H2,1H3,(H2,17,19). The van der Waals surface area contributed by atoms with Crippen molar-refractivity contribution < 1.29 is 9.53 Å². The maximum absolute atomic E-state index is 11.3. The summed E-state index contributed by atoms with van der Waals surface area (Å²) in [5.74, 6) is 0.298. The lowest BCUT2D eigenvalue weighted by Crippen LogP contribution is -2.13. The van der Waals surface area contributed by atoms with Gasteiger partial charge in [-0.2, -0.15) is 0 Å². The van der Waals surface area contributed by atoms with Gasteiger partial charge >= 0.3 is 0 Å². The van der Waals surface area contributed by atoms with Crippen LogP contribution in [0.3, 0.4) is 0 Å². The molecular formula is C15H17N3O2. The molecule has 1 amide bonds. The summed E-state index contributed by atoms with van der Waals surface area (Å²) in [6, 6.07) is 9.03. The quantitative estimate of drug-likeness (QED) is 0.867. The van der Waals surface area contributed by atoms with Crippen LogP contribution in [0.5, 0.6) is 11.6 Å². The minimum Gasteiger partial charge on any atom is -0.438 e. The summed E-state index contributed by atoms with van der Waals surface area (Å²) in [5, 5.41) is 0. The van der Waals surface area contributed by atoms with Crippen molar-refractivity contribution >= 4 is 5.91 Å². The number of rotatable bonds is 5. The van der Waals surface area contributed by atoms with Crippen LogP contribution in [0.25, 0.3) is 0 Å². The lowest BCUT2D eigenvalue weighted by molar-refractivity contribution is 0.0997.